The topological polar surface area (TPSA) is 87.5 Å². The zero-order valence-electron chi connectivity index (χ0n) is 16.3. The van der Waals surface area contributed by atoms with Gasteiger partial charge in [0.1, 0.15) is 23.2 Å². The Kier molecular flexibility index (Phi) is 6.50. The Hall–Kier alpha value is -2.81. The molecule has 1 aromatic carbocycles. The zero-order chi connectivity index (χ0) is 22.0. The van der Waals surface area contributed by atoms with Gasteiger partial charge in [-0.05, 0) is 44.7 Å². The van der Waals surface area contributed by atoms with Gasteiger partial charge in [-0.15, -0.1) is 0 Å². The van der Waals surface area contributed by atoms with Crippen molar-refractivity contribution in [1.29, 1.82) is 0 Å². The average molecular weight is 441 g/mol. The van der Waals surface area contributed by atoms with Crippen LogP contribution in [0.15, 0.2) is 12.1 Å². The lowest BCUT2D eigenvalue weighted by atomic mass is 10.1. The molecule has 0 N–H and O–H groups in total. The fraction of sp³-hybridized carbons (Fsp3) is 0.400. The van der Waals surface area contributed by atoms with E-state index in [2.05, 4.69) is 5.10 Å². The van der Waals surface area contributed by atoms with Crippen molar-refractivity contribution in [3.8, 4) is 0 Å². The smallest absolute Gasteiger partial charge is 0.359 e. The van der Waals surface area contributed by atoms with E-state index >= 15 is 0 Å². The Morgan fingerprint density at radius 3 is 2.20 bits per heavy atom. The van der Waals surface area contributed by atoms with Gasteiger partial charge in [0.25, 0.3) is 0 Å². The maximum atomic E-state index is 13.7. The molecule has 0 radical (unpaired) electrons. The lowest BCUT2D eigenvalue weighted by Crippen LogP contribution is -2.19. The second-order valence-corrected chi connectivity index (χ2v) is 7.04. The summed E-state index contributed by atoms with van der Waals surface area (Å²) in [5, 5.41) is 3.40. The first-order chi connectivity index (χ1) is 14.3. The Bertz CT molecular complexity index is 994. The Balaban J connectivity index is 2.04. The van der Waals surface area contributed by atoms with E-state index in [1.807, 2.05) is 0 Å². The number of hydrogen-bond donors (Lipinski definition) is 0. The molecular formula is C20H19ClF2N2O5. The molecule has 0 bridgehead atoms. The maximum absolute atomic E-state index is 13.7. The highest BCUT2D eigenvalue weighted by Crippen LogP contribution is 2.44. The van der Waals surface area contributed by atoms with E-state index < -0.39 is 40.9 Å². The molecular weight excluding hydrogens is 422 g/mol. The first-order valence-corrected chi connectivity index (χ1v) is 9.78. The van der Waals surface area contributed by atoms with Crippen LogP contribution in [0, 0.1) is 11.6 Å². The van der Waals surface area contributed by atoms with E-state index in [-0.39, 0.29) is 36.1 Å². The predicted octanol–water partition coefficient (Wildman–Crippen LogP) is 3.93. The van der Waals surface area contributed by atoms with Crippen molar-refractivity contribution in [3.63, 3.8) is 0 Å². The number of halogens is 3. The van der Waals surface area contributed by atoms with E-state index in [0.29, 0.717) is 5.56 Å². The van der Waals surface area contributed by atoms with Crippen LogP contribution in [0.25, 0.3) is 0 Å². The van der Waals surface area contributed by atoms with Crippen LogP contribution >= 0.6 is 11.6 Å². The third kappa shape index (κ3) is 4.35. The van der Waals surface area contributed by atoms with Gasteiger partial charge in [0.2, 0.25) is 0 Å². The van der Waals surface area contributed by atoms with Crippen LogP contribution < -0.4 is 0 Å². The van der Waals surface area contributed by atoms with Crippen molar-refractivity contribution >= 4 is 29.3 Å². The Labute approximate surface area is 175 Å². The molecule has 0 aliphatic heterocycles. The highest BCUT2D eigenvalue weighted by Gasteiger charge is 2.38. The van der Waals surface area contributed by atoms with Gasteiger partial charge in [0.15, 0.2) is 17.2 Å². The molecule has 7 nitrogen and oxygen atoms in total. The van der Waals surface area contributed by atoms with Crippen molar-refractivity contribution in [2.45, 2.75) is 39.2 Å². The molecule has 0 atom stereocenters. The molecule has 1 aliphatic rings. The first-order valence-electron chi connectivity index (χ1n) is 9.41. The van der Waals surface area contributed by atoms with E-state index in [1.54, 1.807) is 13.8 Å². The van der Waals surface area contributed by atoms with Gasteiger partial charge >= 0.3 is 11.9 Å². The molecule has 30 heavy (non-hydrogen) atoms. The summed E-state index contributed by atoms with van der Waals surface area (Å²) in [5.41, 5.74) is -0.0205. The fourth-order valence-corrected chi connectivity index (χ4v) is 3.17. The van der Waals surface area contributed by atoms with Crippen molar-refractivity contribution in [2.75, 3.05) is 13.2 Å². The Morgan fingerprint density at radius 1 is 1.10 bits per heavy atom. The van der Waals surface area contributed by atoms with Gasteiger partial charge in [0, 0.05) is 11.1 Å². The molecule has 1 fully saturated rings. The number of esters is 2. The number of hydrogen-bond acceptors (Lipinski definition) is 6. The number of ether oxygens (including phenoxy) is 2. The summed E-state index contributed by atoms with van der Waals surface area (Å²) < 4.78 is 38.6. The number of nitrogens with zero attached hydrogens (tertiary/aromatic N) is 2. The summed E-state index contributed by atoms with van der Waals surface area (Å²) in [7, 11) is 0. The van der Waals surface area contributed by atoms with E-state index in [1.165, 1.54) is 0 Å². The quantitative estimate of drug-likeness (QED) is 0.351. The fourth-order valence-electron chi connectivity index (χ4n) is 3.06. The molecule has 0 unspecified atom stereocenters. The second-order valence-electron chi connectivity index (χ2n) is 6.66. The zero-order valence-corrected chi connectivity index (χ0v) is 17.1. The van der Waals surface area contributed by atoms with Crippen LogP contribution in [0.4, 0.5) is 8.78 Å². The summed E-state index contributed by atoms with van der Waals surface area (Å²) in [4.78, 5) is 37.6. The third-order valence-corrected chi connectivity index (χ3v) is 4.87. The molecule has 1 heterocycles. The second kappa shape index (κ2) is 8.91. The molecule has 1 saturated carbocycles. The minimum atomic E-state index is -1.09. The molecule has 160 valence electrons. The van der Waals surface area contributed by atoms with Gasteiger partial charge in [-0.2, -0.15) is 5.10 Å². The lowest BCUT2D eigenvalue weighted by molar-refractivity contribution is 0.0505. The Morgan fingerprint density at radius 2 is 1.67 bits per heavy atom. The molecule has 0 spiro atoms. The number of carbonyl (C=O) groups is 3. The van der Waals surface area contributed by atoms with Crippen LogP contribution in [-0.2, 0) is 16.0 Å². The first kappa shape index (κ1) is 21.9. The van der Waals surface area contributed by atoms with E-state index in [0.717, 1.165) is 29.7 Å². The van der Waals surface area contributed by atoms with Crippen LogP contribution in [-0.4, -0.2) is 40.7 Å². The minimum absolute atomic E-state index is 0.0364. The molecule has 3 rings (SSSR count). The number of benzene rings is 1. The summed E-state index contributed by atoms with van der Waals surface area (Å²) in [6, 6.07) is 1.60. The molecule has 1 aromatic heterocycles. The molecule has 0 saturated heterocycles. The molecule has 0 amide bonds. The molecule has 2 aromatic rings. The van der Waals surface area contributed by atoms with Gasteiger partial charge in [-0.25, -0.2) is 23.1 Å². The SMILES string of the molecule is CCOC(=O)c1nn(CC(=O)c2cc(F)c(Cl)c(F)c2)c(C(=O)OCC)c1C1CC1. The normalized spacial score (nSPS) is 13.2. The number of ketones is 1. The number of Topliss-reactive ketones (excluding diaryl/α,β-unsaturated/α-hetero) is 1. The van der Waals surface area contributed by atoms with Crippen LogP contribution in [0.3, 0.4) is 0 Å². The number of carbonyl (C=O) groups excluding carboxylic acids is 3. The molecule has 1 aliphatic carbocycles. The summed E-state index contributed by atoms with van der Waals surface area (Å²) in [6.07, 6.45) is 1.48. The van der Waals surface area contributed by atoms with Crippen molar-refractivity contribution in [3.05, 3.63) is 51.3 Å². The van der Waals surface area contributed by atoms with E-state index in [9.17, 15) is 23.2 Å². The van der Waals surface area contributed by atoms with Gasteiger partial charge in [-0.3, -0.25) is 4.79 Å². The van der Waals surface area contributed by atoms with Gasteiger partial charge < -0.3 is 9.47 Å². The lowest BCUT2D eigenvalue weighted by Gasteiger charge is -2.09. The summed E-state index contributed by atoms with van der Waals surface area (Å²) in [6.45, 7) is 2.89. The highest BCUT2D eigenvalue weighted by atomic mass is 35.5. The van der Waals surface area contributed by atoms with Gasteiger partial charge in [0.05, 0.1) is 13.2 Å². The predicted molar refractivity (Wildman–Crippen MR) is 102 cm³/mol. The number of rotatable bonds is 8. The number of aromatic nitrogens is 2. The minimum Gasteiger partial charge on any atom is -0.461 e. The van der Waals surface area contributed by atoms with Crippen LogP contribution in [0.1, 0.15) is 69.5 Å². The van der Waals surface area contributed by atoms with Crippen molar-refractivity contribution in [2.24, 2.45) is 0 Å². The van der Waals surface area contributed by atoms with Crippen molar-refractivity contribution < 1.29 is 32.6 Å². The van der Waals surface area contributed by atoms with Crippen LogP contribution in [0.5, 0.6) is 0 Å². The highest BCUT2D eigenvalue weighted by molar-refractivity contribution is 6.31. The van der Waals surface area contributed by atoms with Crippen LogP contribution in [0.2, 0.25) is 5.02 Å². The maximum Gasteiger partial charge on any atom is 0.359 e. The third-order valence-electron chi connectivity index (χ3n) is 4.51. The van der Waals surface area contributed by atoms with Crippen molar-refractivity contribution in [1.82, 2.24) is 9.78 Å². The van der Waals surface area contributed by atoms with E-state index in [4.69, 9.17) is 21.1 Å². The monoisotopic (exact) mass is 440 g/mol. The average Bonchev–Trinajstić information content (AvgIpc) is 3.46. The molecule has 10 heteroatoms. The summed E-state index contributed by atoms with van der Waals surface area (Å²) >= 11 is 5.46. The summed E-state index contributed by atoms with van der Waals surface area (Å²) in [5.74, 6) is -4.45. The largest absolute Gasteiger partial charge is 0.461 e. The standard InChI is InChI=1S/C20H19ClF2N2O5/c1-3-29-19(27)17-15(10-5-6-10)18(20(28)30-4-2)25(24-17)9-14(26)11-7-12(22)16(21)13(23)8-11/h7-8,10H,3-6,9H2,1-2H3. The van der Waals surface area contributed by atoms with Gasteiger partial charge in [-0.1, -0.05) is 11.6 Å².